The summed E-state index contributed by atoms with van der Waals surface area (Å²) in [5.41, 5.74) is 0.867. The number of benzene rings is 1. The summed E-state index contributed by atoms with van der Waals surface area (Å²) in [5.74, 6) is 3.10. The molecule has 1 aromatic heterocycles. The molecule has 1 aliphatic carbocycles. The highest BCUT2D eigenvalue weighted by Crippen LogP contribution is 2.47. The summed E-state index contributed by atoms with van der Waals surface area (Å²) in [4.78, 5) is 30.1. The molecule has 0 spiro atoms. The Morgan fingerprint density at radius 1 is 1.26 bits per heavy atom. The second-order valence-electron chi connectivity index (χ2n) is 10.4. The van der Waals surface area contributed by atoms with Gasteiger partial charge in [0.15, 0.2) is 9.84 Å². The Bertz CT molecular complexity index is 1400. The monoisotopic (exact) mass is 588 g/mol. The second-order valence-corrected chi connectivity index (χ2v) is 14.3. The maximum atomic E-state index is 13.4. The van der Waals surface area contributed by atoms with Gasteiger partial charge in [-0.3, -0.25) is 14.5 Å². The molecule has 0 radical (unpaired) electrons. The molecular formula is C28H32N2O6S3. The highest BCUT2D eigenvalue weighted by atomic mass is 32.2. The average molecular weight is 589 g/mol. The second kappa shape index (κ2) is 11.5. The van der Waals surface area contributed by atoms with Gasteiger partial charge >= 0.3 is 0 Å². The molecule has 2 amide bonds. The van der Waals surface area contributed by atoms with E-state index < -0.39 is 9.84 Å². The lowest BCUT2D eigenvalue weighted by Gasteiger charge is -2.28. The fourth-order valence-corrected chi connectivity index (χ4v) is 8.12. The van der Waals surface area contributed by atoms with Crippen molar-refractivity contribution >= 4 is 56.0 Å². The number of amides is 2. The molecule has 208 valence electrons. The van der Waals surface area contributed by atoms with Gasteiger partial charge in [0.05, 0.1) is 30.1 Å². The van der Waals surface area contributed by atoms with E-state index in [9.17, 15) is 18.0 Å². The first-order valence-corrected chi connectivity index (χ1v) is 16.2. The van der Waals surface area contributed by atoms with E-state index in [4.69, 9.17) is 21.4 Å². The molecule has 3 atom stereocenters. The number of thiocarbonyl (C=S) groups is 1. The van der Waals surface area contributed by atoms with Crippen LogP contribution < -0.4 is 4.74 Å². The molecule has 8 nitrogen and oxygen atoms in total. The van der Waals surface area contributed by atoms with Crippen molar-refractivity contribution in [1.29, 1.82) is 0 Å². The van der Waals surface area contributed by atoms with Crippen LogP contribution >= 0.6 is 24.0 Å². The standard InChI is InChI=1S/C28H32N2O6S3/c1-18-14-23(18)24-10-9-22(36-24)16-30(20-11-13-39(33,34)17-20)26(31)4-3-12-29-27(32)25(38-28(29)37)15-19-5-7-21(35-2)8-6-19/h5-10,15,18,20,23H,3-4,11-14,16-17H2,1-2H3/b25-15-. The summed E-state index contributed by atoms with van der Waals surface area (Å²) in [7, 11) is -1.57. The first-order chi connectivity index (χ1) is 18.6. The molecule has 2 aromatic rings. The van der Waals surface area contributed by atoms with E-state index in [1.165, 1.54) is 16.7 Å². The molecule has 2 saturated heterocycles. The Kier molecular flexibility index (Phi) is 8.21. The van der Waals surface area contributed by atoms with Crippen LogP contribution in [-0.2, 0) is 26.0 Å². The molecule has 3 fully saturated rings. The Labute approximate surface area is 238 Å². The third kappa shape index (κ3) is 6.58. The maximum absolute atomic E-state index is 13.4. The van der Waals surface area contributed by atoms with Crippen LogP contribution in [-0.4, -0.2) is 65.6 Å². The highest BCUT2D eigenvalue weighted by Gasteiger charge is 2.38. The number of rotatable bonds is 10. The number of carbonyl (C=O) groups is 2. The highest BCUT2D eigenvalue weighted by molar-refractivity contribution is 8.26. The lowest BCUT2D eigenvalue weighted by molar-refractivity contribution is -0.134. The Morgan fingerprint density at radius 2 is 2.00 bits per heavy atom. The van der Waals surface area contributed by atoms with Crippen LogP contribution in [0, 0.1) is 5.92 Å². The number of nitrogens with zero attached hydrogens (tertiary/aromatic N) is 2. The van der Waals surface area contributed by atoms with Gasteiger partial charge in [-0.05, 0) is 61.1 Å². The number of furan rings is 1. The maximum Gasteiger partial charge on any atom is 0.266 e. The lowest BCUT2D eigenvalue weighted by Crippen LogP contribution is -2.41. The third-order valence-electron chi connectivity index (χ3n) is 7.51. The van der Waals surface area contributed by atoms with Gasteiger partial charge in [0.25, 0.3) is 5.91 Å². The van der Waals surface area contributed by atoms with E-state index in [2.05, 4.69) is 6.92 Å². The van der Waals surface area contributed by atoms with Gasteiger partial charge < -0.3 is 14.1 Å². The Balaban J connectivity index is 1.20. The zero-order chi connectivity index (χ0) is 27.7. The molecule has 3 aliphatic rings. The molecule has 39 heavy (non-hydrogen) atoms. The van der Waals surface area contributed by atoms with Gasteiger partial charge in [-0.25, -0.2) is 8.42 Å². The molecule has 0 N–H and O–H groups in total. The molecule has 1 aromatic carbocycles. The normalized spacial score (nSPS) is 24.9. The Hall–Kier alpha value is -2.63. The molecule has 3 unspecified atom stereocenters. The van der Waals surface area contributed by atoms with Crippen LogP contribution in [0.1, 0.15) is 55.6 Å². The molecule has 0 bridgehead atoms. The van der Waals surface area contributed by atoms with Gasteiger partial charge in [-0.2, -0.15) is 0 Å². The number of sulfone groups is 1. The summed E-state index contributed by atoms with van der Waals surface area (Å²) < 4.78 is 36.0. The summed E-state index contributed by atoms with van der Waals surface area (Å²) in [6, 6.07) is 10.9. The smallest absolute Gasteiger partial charge is 0.266 e. The zero-order valence-corrected chi connectivity index (χ0v) is 24.4. The number of methoxy groups -OCH3 is 1. The average Bonchev–Trinajstić information content (AvgIpc) is 3.19. The summed E-state index contributed by atoms with van der Waals surface area (Å²) in [6.07, 6.45) is 3.92. The molecule has 1 saturated carbocycles. The van der Waals surface area contributed by atoms with E-state index in [-0.39, 0.29) is 42.3 Å². The van der Waals surface area contributed by atoms with Crippen molar-refractivity contribution in [2.45, 2.75) is 51.1 Å². The van der Waals surface area contributed by atoms with Gasteiger partial charge in [0.1, 0.15) is 21.6 Å². The molecule has 11 heteroatoms. The fraction of sp³-hybridized carbons (Fsp3) is 0.464. The third-order valence-corrected chi connectivity index (χ3v) is 10.6. The van der Waals surface area contributed by atoms with Crippen LogP contribution in [0.15, 0.2) is 45.7 Å². The van der Waals surface area contributed by atoms with Crippen LogP contribution in [0.5, 0.6) is 5.75 Å². The van der Waals surface area contributed by atoms with E-state index in [1.54, 1.807) is 18.1 Å². The van der Waals surface area contributed by atoms with Crippen LogP contribution in [0.25, 0.3) is 6.08 Å². The predicted molar refractivity (Wildman–Crippen MR) is 155 cm³/mol. The zero-order valence-electron chi connectivity index (χ0n) is 22.0. The van der Waals surface area contributed by atoms with Crippen LogP contribution in [0.2, 0.25) is 0 Å². The molecular weight excluding hydrogens is 557 g/mol. The summed E-state index contributed by atoms with van der Waals surface area (Å²) >= 11 is 6.70. The van der Waals surface area contributed by atoms with E-state index in [0.717, 1.165) is 23.5 Å². The van der Waals surface area contributed by atoms with Gasteiger partial charge in [-0.1, -0.05) is 43.0 Å². The van der Waals surface area contributed by atoms with Crippen molar-refractivity contribution in [2.75, 3.05) is 25.2 Å². The lowest BCUT2D eigenvalue weighted by atomic mass is 10.1. The summed E-state index contributed by atoms with van der Waals surface area (Å²) in [6.45, 7) is 2.74. The number of ether oxygens (including phenoxy) is 1. The molecule has 2 aliphatic heterocycles. The fourth-order valence-electron chi connectivity index (χ4n) is 5.08. The SMILES string of the molecule is COc1ccc(/C=C2\SC(=S)N(CCCC(=O)N(Cc3ccc(C4CC4C)o3)C3CCS(=O)(=O)C3)C2=O)cc1. The number of hydrogen-bond acceptors (Lipinski definition) is 8. The first-order valence-electron chi connectivity index (χ1n) is 13.1. The number of thioether (sulfide) groups is 1. The number of hydrogen-bond donors (Lipinski definition) is 0. The van der Waals surface area contributed by atoms with Crippen molar-refractivity contribution in [1.82, 2.24) is 9.80 Å². The summed E-state index contributed by atoms with van der Waals surface area (Å²) in [5, 5.41) is 0. The van der Waals surface area contributed by atoms with Crippen molar-refractivity contribution < 1.29 is 27.2 Å². The minimum absolute atomic E-state index is 0.0309. The van der Waals surface area contributed by atoms with Crippen LogP contribution in [0.4, 0.5) is 0 Å². The van der Waals surface area contributed by atoms with Crippen molar-refractivity contribution in [3.05, 3.63) is 58.4 Å². The van der Waals surface area contributed by atoms with Gasteiger partial charge in [0.2, 0.25) is 5.91 Å². The molecule has 5 rings (SSSR count). The largest absolute Gasteiger partial charge is 0.497 e. The molecule has 3 heterocycles. The van der Waals surface area contributed by atoms with E-state index in [0.29, 0.717) is 46.2 Å². The quantitative estimate of drug-likeness (QED) is 0.293. The minimum atomic E-state index is -3.17. The first kappa shape index (κ1) is 27.9. The number of carbonyl (C=O) groups excluding carboxylic acids is 2. The minimum Gasteiger partial charge on any atom is -0.497 e. The topological polar surface area (TPSA) is 97.1 Å². The van der Waals surface area contributed by atoms with Gasteiger partial charge in [-0.15, -0.1) is 0 Å². The van der Waals surface area contributed by atoms with E-state index >= 15 is 0 Å². The van der Waals surface area contributed by atoms with Crippen molar-refractivity contribution in [3.8, 4) is 5.75 Å². The van der Waals surface area contributed by atoms with Crippen LogP contribution in [0.3, 0.4) is 0 Å². The van der Waals surface area contributed by atoms with Crippen molar-refractivity contribution in [3.63, 3.8) is 0 Å². The van der Waals surface area contributed by atoms with E-state index in [1.807, 2.05) is 36.4 Å². The predicted octanol–water partition coefficient (Wildman–Crippen LogP) is 4.61. The Morgan fingerprint density at radius 3 is 2.64 bits per heavy atom. The van der Waals surface area contributed by atoms with Gasteiger partial charge in [0, 0.05) is 24.9 Å². The van der Waals surface area contributed by atoms with Crippen molar-refractivity contribution in [2.24, 2.45) is 5.92 Å².